The zero-order valence-corrected chi connectivity index (χ0v) is 37.9. The lowest BCUT2D eigenvalue weighted by atomic mass is 10.00. The Morgan fingerprint density at radius 1 is 0.479 bits per heavy atom. The highest BCUT2D eigenvalue weighted by Crippen LogP contribution is 2.41. The number of hydrogen-bond acceptors (Lipinski definition) is 10. The van der Waals surface area contributed by atoms with E-state index in [1.165, 1.54) is 11.8 Å². The van der Waals surface area contributed by atoms with Gasteiger partial charge in [-0.05, 0) is 41.0 Å². The molecular weight excluding hydrogens is 1020 g/mol. The molecule has 0 radical (unpaired) electrons. The first-order valence-electron chi connectivity index (χ1n) is 20.7. The molecule has 0 heterocycles. The van der Waals surface area contributed by atoms with Gasteiger partial charge in [0.15, 0.2) is 13.2 Å². The number of nitrogens with one attached hydrogen (secondary N) is 2. The molecule has 0 spiro atoms. The first kappa shape index (κ1) is 58.0. The summed E-state index contributed by atoms with van der Waals surface area (Å²) < 4.78 is 171. The first-order chi connectivity index (χ1) is 34.2. The average molecular weight is 1060 g/mol. The molecule has 0 aromatic heterocycles. The van der Waals surface area contributed by atoms with Crippen molar-refractivity contribution in [1.82, 2.24) is 10.6 Å². The number of alkyl halides is 12. The minimum atomic E-state index is -5.47. The summed E-state index contributed by atoms with van der Waals surface area (Å²) >= 11 is 1.41. The number of esters is 2. The lowest BCUT2D eigenvalue weighted by molar-refractivity contribution is -0.145. The van der Waals surface area contributed by atoms with Crippen molar-refractivity contribution >= 4 is 47.5 Å². The number of carboxylic acids is 1. The van der Waals surface area contributed by atoms with Gasteiger partial charge in [-0.1, -0.05) is 103 Å². The van der Waals surface area contributed by atoms with Gasteiger partial charge in [0.2, 0.25) is 11.7 Å². The van der Waals surface area contributed by atoms with Crippen molar-refractivity contribution in [2.75, 3.05) is 19.0 Å². The number of aliphatic carboxylic acids is 1. The van der Waals surface area contributed by atoms with E-state index < -0.39 is 119 Å². The van der Waals surface area contributed by atoms with Gasteiger partial charge in [-0.15, -0.1) is 0 Å². The molecule has 0 aliphatic carbocycles. The molecule has 0 bridgehead atoms. The minimum absolute atomic E-state index is 0.0558. The second kappa shape index (κ2) is 25.7. The van der Waals surface area contributed by atoms with Crippen LogP contribution in [0.5, 0.6) is 0 Å². The summed E-state index contributed by atoms with van der Waals surface area (Å²) in [6, 6.07) is 27.1. The number of carbonyl (C=O) groups excluding carboxylic acids is 5. The van der Waals surface area contributed by atoms with Crippen LogP contribution >= 0.6 is 11.8 Å². The second-order valence-corrected chi connectivity index (χ2v) is 16.0. The summed E-state index contributed by atoms with van der Waals surface area (Å²) in [5.74, 6) is -7.09. The van der Waals surface area contributed by atoms with Gasteiger partial charge in [-0.25, -0.2) is 19.2 Å². The number of ketones is 1. The topological polar surface area (TPSA) is 174 Å². The summed E-state index contributed by atoms with van der Waals surface area (Å²) in [7, 11) is 0. The van der Waals surface area contributed by atoms with Crippen LogP contribution in [0.3, 0.4) is 0 Å². The molecule has 3 N–H and O–H groups in total. The van der Waals surface area contributed by atoms with Crippen LogP contribution in [0.25, 0.3) is 0 Å². The molecule has 0 aliphatic heterocycles. The Hall–Kier alpha value is -7.57. The molecule has 12 nitrogen and oxygen atoms in total. The summed E-state index contributed by atoms with van der Waals surface area (Å²) in [5, 5.41) is 14.8. The number of amides is 2. The monoisotopic (exact) mass is 1060 g/mol. The van der Waals surface area contributed by atoms with Gasteiger partial charge in [-0.2, -0.15) is 64.4 Å². The Kier molecular flexibility index (Phi) is 20.4. The largest absolute Gasteiger partial charge is 0.480 e. The molecule has 25 heteroatoms. The van der Waals surface area contributed by atoms with Crippen molar-refractivity contribution < 1.29 is 101 Å². The highest BCUT2D eigenvalue weighted by molar-refractivity contribution is 7.98. The average Bonchev–Trinajstić information content (AvgIpc) is 3.33. The van der Waals surface area contributed by atoms with E-state index in [4.69, 9.17) is 4.74 Å². The van der Waals surface area contributed by atoms with Gasteiger partial charge in [0.25, 0.3) is 0 Å². The molecule has 0 aliphatic rings. The first-order valence-corrected chi connectivity index (χ1v) is 21.9. The molecule has 0 unspecified atom stereocenters. The van der Waals surface area contributed by atoms with Gasteiger partial charge in [0, 0.05) is 17.9 Å². The summed E-state index contributed by atoms with van der Waals surface area (Å²) in [4.78, 5) is 73.1. The summed E-state index contributed by atoms with van der Waals surface area (Å²) in [6.45, 7) is -3.24. The molecule has 2 atom stereocenters. The molecule has 0 saturated heterocycles. The summed E-state index contributed by atoms with van der Waals surface area (Å²) in [5.41, 5.74) is -9.59. The molecule has 0 fully saturated rings. The number of thioether (sulfide) groups is 1. The number of hydrogen-bond donors (Lipinski definition) is 3. The van der Waals surface area contributed by atoms with E-state index in [0.717, 1.165) is 16.7 Å². The highest BCUT2D eigenvalue weighted by Gasteiger charge is 2.45. The minimum Gasteiger partial charge on any atom is -0.480 e. The lowest BCUT2D eigenvalue weighted by Gasteiger charge is -2.21. The van der Waals surface area contributed by atoms with Gasteiger partial charge >= 0.3 is 48.7 Å². The zero-order valence-electron chi connectivity index (χ0n) is 37.1. The zero-order chi connectivity index (χ0) is 54.1. The summed E-state index contributed by atoms with van der Waals surface area (Å²) in [6.07, 6.45) is -22.5. The third-order valence-electron chi connectivity index (χ3n) is 9.60. The second-order valence-electron chi connectivity index (χ2n) is 15.0. The van der Waals surface area contributed by atoms with E-state index in [-0.39, 0.29) is 43.0 Å². The van der Waals surface area contributed by atoms with Crippen molar-refractivity contribution in [1.29, 1.82) is 0 Å². The van der Waals surface area contributed by atoms with Crippen molar-refractivity contribution in [3.63, 3.8) is 0 Å². The maximum absolute atomic E-state index is 13.1. The number of alkyl carbamates (subject to hydrolysis) is 1. The van der Waals surface area contributed by atoms with Crippen LogP contribution in [0, 0.1) is 0 Å². The number of ether oxygens (including phenoxy) is 3. The van der Waals surface area contributed by atoms with E-state index in [0.29, 0.717) is 17.9 Å². The fourth-order valence-electron chi connectivity index (χ4n) is 6.25. The number of carbonyl (C=O) groups is 6. The number of halogens is 12. The van der Waals surface area contributed by atoms with Crippen LogP contribution in [0.15, 0.2) is 127 Å². The molecule has 5 aromatic carbocycles. The van der Waals surface area contributed by atoms with Crippen LogP contribution < -0.4 is 10.6 Å². The van der Waals surface area contributed by atoms with Crippen LogP contribution in [0.2, 0.25) is 0 Å². The number of rotatable bonds is 18. The standard InChI is InChI=1S/C27H28N2O5S.C21H10F12O5/c30-25(28-24(26(31)32)19-35-18-22-14-8-3-9-15-22)23(16-20-10-4-1-5-11-20)29-27(33)34-17-21-12-6-2-7-13-21;22-18(23,24)10-3-1-4-11(19(25,26)27)14(10)16(35)37-7-9(34)8-38-17(36)15-12(20(28,29)30)5-2-6-13(15)21(31,32)33/h1-15,23-24H,16-19H2,(H,28,30)(H,29,33)(H,31,32);1-6H,7-8H2/t23-,24-;/m0./s1. The van der Waals surface area contributed by atoms with Crippen molar-refractivity contribution in [2.24, 2.45) is 0 Å². The molecular formula is C48H38F12N2O10S. The van der Waals surface area contributed by atoms with Crippen LogP contribution in [-0.2, 0) is 72.1 Å². The molecule has 2 amide bonds. The van der Waals surface area contributed by atoms with Gasteiger partial charge in [0.05, 0.1) is 33.4 Å². The number of carboxylic acid groups (broad SMARTS) is 1. The molecule has 0 saturated carbocycles. The normalized spacial score (nSPS) is 12.5. The fourth-order valence-corrected chi connectivity index (χ4v) is 7.26. The van der Waals surface area contributed by atoms with Crippen molar-refractivity contribution in [3.8, 4) is 0 Å². The molecule has 390 valence electrons. The Labute approximate surface area is 410 Å². The Morgan fingerprint density at radius 2 is 0.863 bits per heavy atom. The van der Waals surface area contributed by atoms with Gasteiger partial charge in [-0.3, -0.25) is 9.59 Å². The van der Waals surface area contributed by atoms with Crippen molar-refractivity contribution in [2.45, 2.75) is 55.6 Å². The lowest BCUT2D eigenvalue weighted by Crippen LogP contribution is -2.53. The Bertz CT molecular complexity index is 2530. The Morgan fingerprint density at radius 3 is 1.25 bits per heavy atom. The van der Waals surface area contributed by atoms with Crippen molar-refractivity contribution in [3.05, 3.63) is 177 Å². The van der Waals surface area contributed by atoms with E-state index >= 15 is 0 Å². The number of benzene rings is 5. The predicted octanol–water partition coefficient (Wildman–Crippen LogP) is 10.4. The third kappa shape index (κ3) is 18.2. The molecule has 73 heavy (non-hydrogen) atoms. The smallest absolute Gasteiger partial charge is 0.417 e. The number of Topliss-reactive ketones (excluding diaryl/α,β-unsaturated/α-hetero) is 1. The highest BCUT2D eigenvalue weighted by atomic mass is 32.2. The van der Waals surface area contributed by atoms with E-state index in [2.05, 4.69) is 20.1 Å². The van der Waals surface area contributed by atoms with Crippen LogP contribution in [0.4, 0.5) is 57.5 Å². The SMILES string of the molecule is O=C(COC(=O)c1c(C(F)(F)F)cccc1C(F)(F)F)COC(=O)c1c(C(F)(F)F)cccc1C(F)(F)F.O=C(N[C@@H](Cc1ccccc1)C(=O)N[C@@H](CSCc1ccccc1)C(=O)O)OCc1ccccc1. The predicted molar refractivity (Wildman–Crippen MR) is 234 cm³/mol. The maximum atomic E-state index is 13.1. The third-order valence-corrected chi connectivity index (χ3v) is 10.7. The molecule has 5 rings (SSSR count). The maximum Gasteiger partial charge on any atom is 0.417 e. The van der Waals surface area contributed by atoms with E-state index in [1.807, 2.05) is 91.0 Å². The van der Waals surface area contributed by atoms with Gasteiger partial charge < -0.3 is 30.0 Å². The van der Waals surface area contributed by atoms with E-state index in [1.54, 1.807) is 0 Å². The molecule has 5 aromatic rings. The Balaban J connectivity index is 0.000000317. The van der Waals surface area contributed by atoms with Gasteiger partial charge in [0.1, 0.15) is 18.7 Å². The van der Waals surface area contributed by atoms with E-state index in [9.17, 15) is 86.6 Å². The quantitative estimate of drug-likeness (QED) is 0.0433. The van der Waals surface area contributed by atoms with Crippen LogP contribution in [0.1, 0.15) is 59.7 Å². The van der Waals surface area contributed by atoms with Crippen LogP contribution in [-0.4, -0.2) is 71.8 Å². The fraction of sp³-hybridized carbons (Fsp3) is 0.250.